The molecular formula is C17H17NO3. The van der Waals surface area contributed by atoms with Crippen molar-refractivity contribution in [2.75, 3.05) is 7.11 Å². The Labute approximate surface area is 123 Å². The molecule has 0 bridgehead atoms. The predicted molar refractivity (Wildman–Crippen MR) is 79.7 cm³/mol. The average Bonchev–Trinajstić information content (AvgIpc) is 2.55. The monoisotopic (exact) mass is 283 g/mol. The minimum atomic E-state index is -1.48. The van der Waals surface area contributed by atoms with Crippen LogP contribution in [-0.2, 0) is 15.1 Å². The maximum atomic E-state index is 12.4. The molecule has 0 aliphatic heterocycles. The van der Waals surface area contributed by atoms with E-state index < -0.39 is 11.5 Å². The molecule has 0 radical (unpaired) electrons. The zero-order valence-corrected chi connectivity index (χ0v) is 11.8. The summed E-state index contributed by atoms with van der Waals surface area (Å²) in [6.07, 6.45) is -0.145. The second-order valence-corrected chi connectivity index (χ2v) is 4.79. The van der Waals surface area contributed by atoms with Crippen LogP contribution in [0.2, 0.25) is 0 Å². The maximum absolute atomic E-state index is 12.4. The summed E-state index contributed by atoms with van der Waals surface area (Å²) in [5.41, 5.74) is 5.81. The van der Waals surface area contributed by atoms with Gasteiger partial charge in [0.1, 0.15) is 5.54 Å². The Balaban J connectivity index is 2.34. The van der Waals surface area contributed by atoms with E-state index in [1.807, 2.05) is 12.1 Å². The van der Waals surface area contributed by atoms with E-state index in [1.165, 1.54) is 7.11 Å². The van der Waals surface area contributed by atoms with Gasteiger partial charge in [0.15, 0.2) is 5.78 Å². The van der Waals surface area contributed by atoms with Gasteiger partial charge in [-0.25, -0.2) is 4.79 Å². The van der Waals surface area contributed by atoms with E-state index in [9.17, 15) is 9.59 Å². The quantitative estimate of drug-likeness (QED) is 0.675. The van der Waals surface area contributed by atoms with Gasteiger partial charge in [-0.1, -0.05) is 60.7 Å². The van der Waals surface area contributed by atoms with Crippen molar-refractivity contribution in [1.82, 2.24) is 0 Å². The van der Waals surface area contributed by atoms with E-state index in [0.29, 0.717) is 11.1 Å². The van der Waals surface area contributed by atoms with Crippen molar-refractivity contribution in [3.8, 4) is 0 Å². The number of Topliss-reactive ketones (excluding diaryl/α,β-unsaturated/α-hetero) is 1. The Kier molecular flexibility index (Phi) is 4.50. The van der Waals surface area contributed by atoms with E-state index >= 15 is 0 Å². The molecule has 0 amide bonds. The first-order valence-corrected chi connectivity index (χ1v) is 6.59. The van der Waals surface area contributed by atoms with Crippen molar-refractivity contribution < 1.29 is 14.3 Å². The van der Waals surface area contributed by atoms with E-state index in [2.05, 4.69) is 0 Å². The maximum Gasteiger partial charge on any atom is 0.330 e. The molecule has 0 saturated carbocycles. The van der Waals surface area contributed by atoms with Crippen LogP contribution in [0.15, 0.2) is 60.7 Å². The van der Waals surface area contributed by atoms with Crippen LogP contribution in [0, 0.1) is 0 Å². The molecule has 4 heteroatoms. The van der Waals surface area contributed by atoms with Gasteiger partial charge in [0.05, 0.1) is 7.11 Å². The molecule has 0 fully saturated rings. The van der Waals surface area contributed by atoms with E-state index in [-0.39, 0.29) is 12.2 Å². The van der Waals surface area contributed by atoms with Crippen molar-refractivity contribution in [1.29, 1.82) is 0 Å². The molecule has 1 atom stereocenters. The molecule has 108 valence electrons. The Morgan fingerprint density at radius 2 is 1.52 bits per heavy atom. The topological polar surface area (TPSA) is 69.4 Å². The molecule has 2 aromatic carbocycles. The lowest BCUT2D eigenvalue weighted by molar-refractivity contribution is -0.147. The molecule has 2 rings (SSSR count). The molecule has 0 aromatic heterocycles. The second kappa shape index (κ2) is 6.33. The summed E-state index contributed by atoms with van der Waals surface area (Å²) < 4.78 is 4.79. The summed E-state index contributed by atoms with van der Waals surface area (Å²) in [7, 11) is 1.26. The van der Waals surface area contributed by atoms with Crippen LogP contribution in [0.5, 0.6) is 0 Å². The van der Waals surface area contributed by atoms with Crippen molar-refractivity contribution in [3.05, 3.63) is 71.8 Å². The molecule has 2 aromatic rings. The number of methoxy groups -OCH3 is 1. The fourth-order valence-corrected chi connectivity index (χ4v) is 2.19. The van der Waals surface area contributed by atoms with Crippen LogP contribution >= 0.6 is 0 Å². The summed E-state index contributed by atoms with van der Waals surface area (Å²) in [4.78, 5) is 24.5. The third-order valence-corrected chi connectivity index (χ3v) is 3.37. The highest BCUT2D eigenvalue weighted by Gasteiger charge is 2.39. The van der Waals surface area contributed by atoms with Gasteiger partial charge in [0.2, 0.25) is 0 Å². The summed E-state index contributed by atoms with van der Waals surface area (Å²) >= 11 is 0. The van der Waals surface area contributed by atoms with Crippen molar-refractivity contribution in [2.24, 2.45) is 5.73 Å². The van der Waals surface area contributed by atoms with Gasteiger partial charge >= 0.3 is 5.97 Å². The highest BCUT2D eigenvalue weighted by molar-refractivity contribution is 6.00. The number of hydrogen-bond acceptors (Lipinski definition) is 4. The van der Waals surface area contributed by atoms with Crippen molar-refractivity contribution >= 4 is 11.8 Å². The molecule has 2 N–H and O–H groups in total. The predicted octanol–water partition coefficient (Wildman–Crippen LogP) is 2.29. The van der Waals surface area contributed by atoms with Gasteiger partial charge < -0.3 is 10.5 Å². The number of carbonyl (C=O) groups excluding carboxylic acids is 2. The first kappa shape index (κ1) is 14.9. The fourth-order valence-electron chi connectivity index (χ4n) is 2.19. The molecule has 21 heavy (non-hydrogen) atoms. The lowest BCUT2D eigenvalue weighted by Crippen LogP contribution is -2.47. The zero-order chi connectivity index (χ0) is 15.3. The van der Waals surface area contributed by atoms with Crippen LogP contribution in [0.4, 0.5) is 0 Å². The number of ketones is 1. The Bertz CT molecular complexity index is 625. The second-order valence-electron chi connectivity index (χ2n) is 4.79. The number of hydrogen-bond donors (Lipinski definition) is 1. The normalized spacial score (nSPS) is 13.2. The van der Waals surface area contributed by atoms with E-state index in [4.69, 9.17) is 10.5 Å². The largest absolute Gasteiger partial charge is 0.467 e. The van der Waals surface area contributed by atoms with Crippen molar-refractivity contribution in [2.45, 2.75) is 12.0 Å². The first-order valence-electron chi connectivity index (χ1n) is 6.59. The molecule has 4 nitrogen and oxygen atoms in total. The fraction of sp³-hybridized carbons (Fsp3) is 0.176. The van der Waals surface area contributed by atoms with Crippen molar-refractivity contribution in [3.63, 3.8) is 0 Å². The number of benzene rings is 2. The molecule has 0 saturated heterocycles. The van der Waals surface area contributed by atoms with Gasteiger partial charge in [-0.3, -0.25) is 4.79 Å². The molecule has 0 heterocycles. The summed E-state index contributed by atoms with van der Waals surface area (Å²) in [6.45, 7) is 0. The average molecular weight is 283 g/mol. The lowest BCUT2D eigenvalue weighted by atomic mass is 9.84. The molecule has 0 aliphatic rings. The Morgan fingerprint density at radius 3 is 2.05 bits per heavy atom. The van der Waals surface area contributed by atoms with Gasteiger partial charge in [0, 0.05) is 12.0 Å². The number of carbonyl (C=O) groups is 2. The Hall–Kier alpha value is -2.46. The highest BCUT2D eigenvalue weighted by Crippen LogP contribution is 2.25. The number of nitrogens with two attached hydrogens (primary N) is 1. The van der Waals surface area contributed by atoms with Crippen LogP contribution in [0.3, 0.4) is 0 Å². The third-order valence-electron chi connectivity index (χ3n) is 3.37. The number of ether oxygens (including phenoxy) is 1. The van der Waals surface area contributed by atoms with Crippen LogP contribution in [0.1, 0.15) is 22.3 Å². The van der Waals surface area contributed by atoms with Gasteiger partial charge in [-0.05, 0) is 5.56 Å². The smallest absolute Gasteiger partial charge is 0.330 e. The van der Waals surface area contributed by atoms with E-state index in [0.717, 1.165) is 0 Å². The molecule has 0 aliphatic carbocycles. The van der Waals surface area contributed by atoms with Crippen LogP contribution in [0.25, 0.3) is 0 Å². The highest BCUT2D eigenvalue weighted by atomic mass is 16.5. The van der Waals surface area contributed by atoms with Gasteiger partial charge in [-0.2, -0.15) is 0 Å². The molecule has 1 unspecified atom stereocenters. The Morgan fingerprint density at radius 1 is 1.00 bits per heavy atom. The van der Waals surface area contributed by atoms with Crippen LogP contribution in [-0.4, -0.2) is 18.9 Å². The zero-order valence-electron chi connectivity index (χ0n) is 11.8. The van der Waals surface area contributed by atoms with Crippen LogP contribution < -0.4 is 5.73 Å². The summed E-state index contributed by atoms with van der Waals surface area (Å²) in [5.74, 6) is -0.828. The van der Waals surface area contributed by atoms with Gasteiger partial charge in [0.25, 0.3) is 0 Å². The molecule has 0 spiro atoms. The minimum absolute atomic E-state index is 0.145. The first-order chi connectivity index (χ1) is 10.1. The standard InChI is InChI=1S/C17H17NO3/c1-21-16(20)17(18,14-10-6-3-7-11-14)12-15(19)13-8-4-2-5-9-13/h2-11H,12,18H2,1H3. The SMILES string of the molecule is COC(=O)C(N)(CC(=O)c1ccccc1)c1ccccc1. The number of rotatable bonds is 5. The summed E-state index contributed by atoms with van der Waals surface area (Å²) in [6, 6.07) is 17.6. The lowest BCUT2D eigenvalue weighted by Gasteiger charge is -2.26. The minimum Gasteiger partial charge on any atom is -0.467 e. The van der Waals surface area contributed by atoms with Gasteiger partial charge in [-0.15, -0.1) is 0 Å². The third kappa shape index (κ3) is 3.17. The summed E-state index contributed by atoms with van der Waals surface area (Å²) in [5, 5.41) is 0. The van der Waals surface area contributed by atoms with E-state index in [1.54, 1.807) is 48.5 Å². The number of esters is 1. The molecular weight excluding hydrogens is 266 g/mol.